The van der Waals surface area contributed by atoms with Crippen LogP contribution in [0.2, 0.25) is 0 Å². The second-order valence-corrected chi connectivity index (χ2v) is 8.55. The third kappa shape index (κ3) is 5.93. The molecule has 0 radical (unpaired) electrons. The second kappa shape index (κ2) is 9.90. The number of para-hydroxylation sites is 1. The van der Waals surface area contributed by atoms with Gasteiger partial charge in [-0.15, -0.1) is 0 Å². The van der Waals surface area contributed by atoms with Gasteiger partial charge in [0, 0.05) is 19.2 Å². The van der Waals surface area contributed by atoms with E-state index in [4.69, 9.17) is 0 Å². The summed E-state index contributed by atoms with van der Waals surface area (Å²) in [5, 5.41) is 2.52. The van der Waals surface area contributed by atoms with Crippen molar-refractivity contribution in [1.29, 1.82) is 0 Å². The highest BCUT2D eigenvalue weighted by Gasteiger charge is 2.27. The lowest BCUT2D eigenvalue weighted by molar-refractivity contribution is -0.120. The van der Waals surface area contributed by atoms with Crippen molar-refractivity contribution in [3.05, 3.63) is 96.6 Å². The first-order valence-corrected chi connectivity index (χ1v) is 11.1. The minimum Gasteiger partial charge on any atom is -0.325 e. The van der Waals surface area contributed by atoms with E-state index in [1.54, 1.807) is 49.5 Å². The first-order chi connectivity index (χ1) is 14.9. The molecule has 8 heteroatoms. The van der Waals surface area contributed by atoms with Crippen LogP contribution in [0, 0.1) is 0 Å². The summed E-state index contributed by atoms with van der Waals surface area (Å²) in [6.45, 7) is 0. The van der Waals surface area contributed by atoms with E-state index in [0.29, 0.717) is 5.69 Å². The number of rotatable bonds is 7. The van der Waals surface area contributed by atoms with Crippen molar-refractivity contribution in [2.75, 3.05) is 11.9 Å². The van der Waals surface area contributed by atoms with Crippen molar-refractivity contribution in [3.8, 4) is 0 Å². The third-order valence-electron chi connectivity index (χ3n) is 4.64. The van der Waals surface area contributed by atoms with Gasteiger partial charge in [0.15, 0.2) is 0 Å². The number of benzene rings is 3. The van der Waals surface area contributed by atoms with Gasteiger partial charge >= 0.3 is 6.03 Å². The molecule has 3 rings (SSSR count). The number of nitrogens with zero attached hydrogens (tertiary/aromatic N) is 1. The van der Waals surface area contributed by atoms with Crippen molar-refractivity contribution in [2.24, 2.45) is 0 Å². The van der Waals surface area contributed by atoms with Crippen LogP contribution in [0.4, 0.5) is 10.5 Å². The molecular formula is C23H23N3O4S. The predicted octanol–water partition coefficient (Wildman–Crippen LogP) is 2.95. The number of anilines is 1. The van der Waals surface area contributed by atoms with Gasteiger partial charge in [0.05, 0.1) is 4.90 Å². The molecule has 0 spiro atoms. The maximum absolute atomic E-state index is 13.2. The normalized spacial score (nSPS) is 11.9. The number of urea groups is 1. The molecule has 0 saturated heterocycles. The van der Waals surface area contributed by atoms with Crippen LogP contribution in [0.15, 0.2) is 95.9 Å². The maximum Gasteiger partial charge on any atom is 0.329 e. The van der Waals surface area contributed by atoms with Crippen LogP contribution >= 0.6 is 0 Å². The molecule has 3 aromatic rings. The Kier molecular flexibility index (Phi) is 7.04. The molecule has 160 valence electrons. The molecular weight excluding hydrogens is 414 g/mol. The van der Waals surface area contributed by atoms with Gasteiger partial charge in [-0.05, 0) is 29.8 Å². The van der Waals surface area contributed by atoms with E-state index in [2.05, 4.69) is 5.32 Å². The Labute approximate surface area is 181 Å². The monoisotopic (exact) mass is 437 g/mol. The highest BCUT2D eigenvalue weighted by atomic mass is 32.2. The van der Waals surface area contributed by atoms with E-state index in [-0.39, 0.29) is 17.2 Å². The highest BCUT2D eigenvalue weighted by molar-refractivity contribution is 7.90. The number of carbonyl (C=O) groups excluding carboxylic acids is 2. The fourth-order valence-corrected chi connectivity index (χ4v) is 3.97. The molecule has 0 aliphatic rings. The van der Waals surface area contributed by atoms with E-state index >= 15 is 0 Å². The molecule has 3 amide bonds. The van der Waals surface area contributed by atoms with Gasteiger partial charge in [0.1, 0.15) is 6.04 Å². The summed E-state index contributed by atoms with van der Waals surface area (Å²) in [7, 11) is -2.46. The van der Waals surface area contributed by atoms with E-state index in [1.165, 1.54) is 17.0 Å². The van der Waals surface area contributed by atoms with Gasteiger partial charge in [-0.2, -0.15) is 0 Å². The maximum atomic E-state index is 13.2. The van der Waals surface area contributed by atoms with E-state index in [1.807, 2.05) is 41.1 Å². The Morgan fingerprint density at radius 3 is 1.94 bits per heavy atom. The SMILES string of the molecule is CN(C(=O)C(Cc1ccccc1)NC(=O)NS(=O)(=O)c1ccccc1)c1ccccc1. The lowest BCUT2D eigenvalue weighted by atomic mass is 10.0. The molecule has 1 unspecified atom stereocenters. The van der Waals surface area contributed by atoms with Crippen molar-refractivity contribution < 1.29 is 18.0 Å². The lowest BCUT2D eigenvalue weighted by Crippen LogP contribution is -2.52. The second-order valence-electron chi connectivity index (χ2n) is 6.87. The van der Waals surface area contributed by atoms with Crippen LogP contribution in [0.3, 0.4) is 0 Å². The zero-order valence-corrected chi connectivity index (χ0v) is 17.7. The van der Waals surface area contributed by atoms with Crippen molar-refractivity contribution >= 4 is 27.6 Å². The van der Waals surface area contributed by atoms with Crippen LogP contribution in [-0.2, 0) is 21.2 Å². The number of likely N-dealkylation sites (N-methyl/N-ethyl adjacent to an activating group) is 1. The fraction of sp³-hybridized carbons (Fsp3) is 0.130. The van der Waals surface area contributed by atoms with Gasteiger partial charge < -0.3 is 10.2 Å². The van der Waals surface area contributed by atoms with Gasteiger partial charge in [0.25, 0.3) is 10.0 Å². The molecule has 0 heterocycles. The van der Waals surface area contributed by atoms with E-state index in [9.17, 15) is 18.0 Å². The van der Waals surface area contributed by atoms with Crippen molar-refractivity contribution in [3.63, 3.8) is 0 Å². The Morgan fingerprint density at radius 2 is 1.35 bits per heavy atom. The number of sulfonamides is 1. The zero-order chi connectivity index (χ0) is 22.3. The van der Waals surface area contributed by atoms with E-state index in [0.717, 1.165) is 5.56 Å². The molecule has 31 heavy (non-hydrogen) atoms. The summed E-state index contributed by atoms with van der Waals surface area (Å²) in [6.07, 6.45) is 0.204. The van der Waals surface area contributed by atoms with Gasteiger partial charge in [-0.3, -0.25) is 4.79 Å². The lowest BCUT2D eigenvalue weighted by Gasteiger charge is -2.25. The first-order valence-electron chi connectivity index (χ1n) is 9.62. The predicted molar refractivity (Wildman–Crippen MR) is 119 cm³/mol. The van der Waals surface area contributed by atoms with Crippen LogP contribution in [0.25, 0.3) is 0 Å². The van der Waals surface area contributed by atoms with Gasteiger partial charge in [0.2, 0.25) is 5.91 Å². The third-order valence-corrected chi connectivity index (χ3v) is 5.99. The number of nitrogens with one attached hydrogen (secondary N) is 2. The largest absolute Gasteiger partial charge is 0.329 e. The van der Waals surface area contributed by atoms with Crippen molar-refractivity contribution in [1.82, 2.24) is 10.0 Å². The van der Waals surface area contributed by atoms with E-state index < -0.39 is 22.1 Å². The van der Waals surface area contributed by atoms with Crippen LogP contribution in [0.5, 0.6) is 0 Å². The molecule has 2 N–H and O–H groups in total. The molecule has 1 atom stereocenters. The number of amides is 3. The number of hydrogen-bond acceptors (Lipinski definition) is 4. The number of hydrogen-bond donors (Lipinski definition) is 2. The Bertz CT molecular complexity index is 1120. The average molecular weight is 438 g/mol. The Morgan fingerprint density at radius 1 is 0.839 bits per heavy atom. The molecule has 0 aliphatic heterocycles. The molecule has 3 aromatic carbocycles. The summed E-state index contributed by atoms with van der Waals surface area (Å²) in [4.78, 5) is 27.1. The fourth-order valence-electron chi connectivity index (χ4n) is 3.03. The minimum absolute atomic E-state index is 0.0440. The Balaban J connectivity index is 1.79. The van der Waals surface area contributed by atoms with Gasteiger partial charge in [-0.25, -0.2) is 17.9 Å². The van der Waals surface area contributed by atoms with Crippen LogP contribution in [0.1, 0.15) is 5.56 Å². The smallest absolute Gasteiger partial charge is 0.325 e. The summed E-state index contributed by atoms with van der Waals surface area (Å²) >= 11 is 0. The molecule has 0 saturated carbocycles. The Hall–Kier alpha value is -3.65. The van der Waals surface area contributed by atoms with Gasteiger partial charge in [-0.1, -0.05) is 66.7 Å². The first kappa shape index (κ1) is 22.0. The zero-order valence-electron chi connectivity index (χ0n) is 16.9. The van der Waals surface area contributed by atoms with Crippen LogP contribution < -0.4 is 14.9 Å². The molecule has 0 fully saturated rings. The highest BCUT2D eigenvalue weighted by Crippen LogP contribution is 2.14. The summed E-state index contributed by atoms with van der Waals surface area (Å²) in [5.41, 5.74) is 1.48. The summed E-state index contributed by atoms with van der Waals surface area (Å²) in [6, 6.07) is 23.8. The summed E-state index contributed by atoms with van der Waals surface area (Å²) < 4.78 is 26.9. The standard InChI is InChI=1S/C23H23N3O4S/c1-26(19-13-7-3-8-14-19)22(27)21(17-18-11-5-2-6-12-18)24-23(28)25-31(29,30)20-15-9-4-10-16-20/h2-16,21H,17H2,1H3,(H2,24,25,28). The molecule has 0 aromatic heterocycles. The van der Waals surface area contributed by atoms with Crippen molar-refractivity contribution in [2.45, 2.75) is 17.4 Å². The molecule has 0 bridgehead atoms. The summed E-state index contributed by atoms with van der Waals surface area (Å²) in [5.74, 6) is -0.373. The average Bonchev–Trinajstić information content (AvgIpc) is 2.79. The number of carbonyl (C=O) groups is 2. The molecule has 7 nitrogen and oxygen atoms in total. The minimum atomic E-state index is -4.06. The topological polar surface area (TPSA) is 95.6 Å². The molecule has 0 aliphatic carbocycles. The van der Waals surface area contributed by atoms with Crippen LogP contribution in [-0.4, -0.2) is 33.4 Å². The quantitative estimate of drug-likeness (QED) is 0.594.